The van der Waals surface area contributed by atoms with Gasteiger partial charge in [-0.2, -0.15) is 4.31 Å². The number of carbonyl (C=O) groups is 2. The van der Waals surface area contributed by atoms with E-state index in [0.29, 0.717) is 31.6 Å². The molecule has 1 aliphatic rings. The number of rotatable bonds is 17. The Morgan fingerprint density at radius 2 is 1.68 bits per heavy atom. The van der Waals surface area contributed by atoms with Crippen LogP contribution < -0.4 is 5.32 Å². The van der Waals surface area contributed by atoms with Crippen LogP contribution in [0.4, 0.5) is 4.79 Å². The van der Waals surface area contributed by atoms with Crippen LogP contribution in [0, 0.1) is 11.8 Å². The number of nitrogens with one attached hydrogen (secondary N) is 1. The van der Waals surface area contributed by atoms with Gasteiger partial charge in [0.1, 0.15) is 11.9 Å². The van der Waals surface area contributed by atoms with E-state index in [-0.39, 0.29) is 42.3 Å². The van der Waals surface area contributed by atoms with Crippen LogP contribution in [-0.4, -0.2) is 105 Å². The van der Waals surface area contributed by atoms with Crippen LogP contribution in [0.5, 0.6) is 0 Å². The Balaban J connectivity index is 1.38. The Hall–Kier alpha value is -4.79. The summed E-state index contributed by atoms with van der Waals surface area (Å²) in [6.07, 6.45) is 0.764. The molecule has 1 fully saturated rings. The SMILES string of the molecule is CCC(C)[C@@H](C(=O)N[C@@H](Cc1ccccc1)[C@H](O)CN(CC(C)C)S(=O)(=O)c1ccc(/C=N/O)cc1)N1CCN(Cc2nc3ccccc3n2C)C1=O. The lowest BCUT2D eigenvalue weighted by atomic mass is 9.95. The normalized spacial score (nSPS) is 16.2. The number of oxime groups is 1. The molecule has 3 amide bonds. The van der Waals surface area contributed by atoms with Crippen LogP contribution in [0.2, 0.25) is 0 Å². The lowest BCUT2D eigenvalue weighted by Gasteiger charge is -2.35. The molecule has 3 aromatic carbocycles. The molecule has 1 aliphatic heterocycles. The number of para-hydroxylation sites is 2. The third kappa shape index (κ3) is 9.24. The van der Waals surface area contributed by atoms with E-state index in [9.17, 15) is 23.1 Å². The van der Waals surface area contributed by atoms with Gasteiger partial charge in [-0.1, -0.05) is 93.9 Å². The van der Waals surface area contributed by atoms with E-state index in [1.807, 2.05) is 93.9 Å². The summed E-state index contributed by atoms with van der Waals surface area (Å²) in [7, 11) is -2.14. The molecule has 4 aromatic rings. The summed E-state index contributed by atoms with van der Waals surface area (Å²) >= 11 is 0. The van der Waals surface area contributed by atoms with Crippen LogP contribution in [0.15, 0.2) is 88.9 Å². The molecule has 0 aliphatic carbocycles. The summed E-state index contributed by atoms with van der Waals surface area (Å²) in [6, 6.07) is 21.1. The van der Waals surface area contributed by atoms with Crippen molar-refractivity contribution in [3.63, 3.8) is 0 Å². The third-order valence-electron chi connectivity index (χ3n) is 9.90. The topological polar surface area (TPSA) is 161 Å². The van der Waals surface area contributed by atoms with Crippen LogP contribution in [0.3, 0.4) is 0 Å². The van der Waals surface area contributed by atoms with Crippen molar-refractivity contribution >= 4 is 39.2 Å². The van der Waals surface area contributed by atoms with Crippen molar-refractivity contribution in [1.29, 1.82) is 0 Å². The molecule has 0 saturated carbocycles. The van der Waals surface area contributed by atoms with E-state index < -0.39 is 34.1 Å². The second-order valence-electron chi connectivity index (χ2n) is 14.2. The second-order valence-corrected chi connectivity index (χ2v) is 16.1. The van der Waals surface area contributed by atoms with Gasteiger partial charge < -0.3 is 30.0 Å². The third-order valence-corrected chi connectivity index (χ3v) is 11.7. The molecule has 2 heterocycles. The van der Waals surface area contributed by atoms with Crippen LogP contribution in [0.25, 0.3) is 11.0 Å². The number of aromatic nitrogens is 2. The van der Waals surface area contributed by atoms with Crippen molar-refractivity contribution in [3.8, 4) is 0 Å². The number of urea groups is 1. The summed E-state index contributed by atoms with van der Waals surface area (Å²) in [5.41, 5.74) is 3.19. The number of imidazole rings is 1. The highest BCUT2D eigenvalue weighted by Gasteiger charge is 2.41. The van der Waals surface area contributed by atoms with E-state index in [4.69, 9.17) is 10.2 Å². The van der Waals surface area contributed by atoms with Crippen molar-refractivity contribution in [1.82, 2.24) is 29.0 Å². The summed E-state index contributed by atoms with van der Waals surface area (Å²) in [6.45, 7) is 8.60. The standard InChI is InChI=1S/C39H51N7O6S/c1-6-28(4)37(46-21-20-44(39(46)49)26-36-41-32-14-10-11-15-34(32)43(36)5)38(48)42-33(22-29-12-8-7-9-13-29)35(47)25-45(24-27(2)3)53(51,52)31-18-16-30(17-19-31)23-40-50/h7-19,23,27-28,33,35,37,47,50H,6,20-22,24-26H2,1-5H3,(H,42,48)/b40-23+/t28?,33-,35+,37-/m0/s1. The molecule has 4 atom stereocenters. The van der Waals surface area contributed by atoms with Gasteiger partial charge in [-0.05, 0) is 53.6 Å². The maximum absolute atomic E-state index is 14.4. The van der Waals surface area contributed by atoms with Gasteiger partial charge in [0.05, 0.1) is 40.8 Å². The van der Waals surface area contributed by atoms with E-state index >= 15 is 0 Å². The van der Waals surface area contributed by atoms with E-state index in [2.05, 4.69) is 10.5 Å². The summed E-state index contributed by atoms with van der Waals surface area (Å²) in [5.74, 6) is 0.0633. The van der Waals surface area contributed by atoms with Gasteiger partial charge in [0.15, 0.2) is 0 Å². The molecule has 1 unspecified atom stereocenters. The monoisotopic (exact) mass is 745 g/mol. The molecule has 0 bridgehead atoms. The molecule has 53 heavy (non-hydrogen) atoms. The van der Waals surface area contributed by atoms with Crippen molar-refractivity contribution in [2.75, 3.05) is 26.2 Å². The van der Waals surface area contributed by atoms with Gasteiger partial charge >= 0.3 is 6.03 Å². The number of carbonyl (C=O) groups excluding carboxylic acids is 2. The first-order valence-corrected chi connectivity index (χ1v) is 19.5. The highest BCUT2D eigenvalue weighted by Crippen LogP contribution is 2.25. The lowest BCUT2D eigenvalue weighted by molar-refractivity contribution is -0.128. The molecule has 0 spiro atoms. The number of amides is 3. The fourth-order valence-corrected chi connectivity index (χ4v) is 8.44. The highest BCUT2D eigenvalue weighted by atomic mass is 32.2. The molecule has 3 N–H and O–H groups in total. The zero-order valence-corrected chi connectivity index (χ0v) is 31.9. The molecule has 284 valence electrons. The lowest BCUT2D eigenvalue weighted by Crippen LogP contribution is -2.57. The van der Waals surface area contributed by atoms with Gasteiger partial charge in [-0.15, -0.1) is 0 Å². The first-order chi connectivity index (χ1) is 25.3. The number of benzene rings is 3. The van der Waals surface area contributed by atoms with Gasteiger partial charge in [0.25, 0.3) is 0 Å². The van der Waals surface area contributed by atoms with Crippen molar-refractivity contribution in [2.45, 2.75) is 70.2 Å². The van der Waals surface area contributed by atoms with Crippen molar-refractivity contribution < 1.29 is 28.3 Å². The molecule has 1 aromatic heterocycles. The van der Waals surface area contributed by atoms with Crippen molar-refractivity contribution in [3.05, 3.63) is 95.8 Å². The van der Waals surface area contributed by atoms with Gasteiger partial charge in [-0.25, -0.2) is 18.2 Å². The maximum atomic E-state index is 14.4. The minimum absolute atomic E-state index is 0.0247. The average molecular weight is 746 g/mol. The van der Waals surface area contributed by atoms with Crippen LogP contribution in [0.1, 0.15) is 51.1 Å². The maximum Gasteiger partial charge on any atom is 0.321 e. The summed E-state index contributed by atoms with van der Waals surface area (Å²) < 4.78 is 31.1. The smallest absolute Gasteiger partial charge is 0.321 e. The van der Waals surface area contributed by atoms with Crippen molar-refractivity contribution in [2.24, 2.45) is 24.0 Å². The predicted molar refractivity (Wildman–Crippen MR) is 204 cm³/mol. The fraction of sp³-hybridized carbons (Fsp3) is 0.436. The second kappa shape index (κ2) is 17.4. The molecule has 5 rings (SSSR count). The summed E-state index contributed by atoms with van der Waals surface area (Å²) in [5, 5.41) is 26.8. The minimum Gasteiger partial charge on any atom is -0.411 e. The first-order valence-electron chi connectivity index (χ1n) is 18.1. The Labute approximate surface area is 312 Å². The zero-order valence-electron chi connectivity index (χ0n) is 31.0. The van der Waals surface area contributed by atoms with Gasteiger partial charge in [-0.3, -0.25) is 4.79 Å². The minimum atomic E-state index is -4.07. The number of aliphatic hydroxyl groups is 1. The number of aliphatic hydroxyl groups excluding tert-OH is 1. The molecular formula is C39H51N7O6S. The molecule has 0 radical (unpaired) electrons. The number of nitrogens with zero attached hydrogens (tertiary/aromatic N) is 6. The largest absolute Gasteiger partial charge is 0.411 e. The highest BCUT2D eigenvalue weighted by molar-refractivity contribution is 7.89. The van der Waals surface area contributed by atoms with Gasteiger partial charge in [0.2, 0.25) is 15.9 Å². The number of hydrogen-bond donors (Lipinski definition) is 3. The quantitative estimate of drug-likeness (QED) is 0.0817. The number of fused-ring (bicyclic) bond motifs is 1. The molecule has 14 heteroatoms. The Morgan fingerprint density at radius 3 is 2.32 bits per heavy atom. The van der Waals surface area contributed by atoms with E-state index in [1.54, 1.807) is 9.80 Å². The molecule has 13 nitrogen and oxygen atoms in total. The van der Waals surface area contributed by atoms with Crippen LogP contribution >= 0.6 is 0 Å². The number of sulfonamides is 1. The predicted octanol–water partition coefficient (Wildman–Crippen LogP) is 4.47. The summed E-state index contributed by atoms with van der Waals surface area (Å²) in [4.78, 5) is 36.4. The van der Waals surface area contributed by atoms with Crippen LogP contribution in [-0.2, 0) is 34.8 Å². The molecule has 1 saturated heterocycles. The Kier molecular flexibility index (Phi) is 12.9. The first kappa shape index (κ1) is 39.4. The fourth-order valence-electron chi connectivity index (χ4n) is 6.82. The zero-order chi connectivity index (χ0) is 38.3. The number of aryl methyl sites for hydroxylation is 1. The van der Waals surface area contributed by atoms with Gasteiger partial charge in [0, 0.05) is 33.2 Å². The average Bonchev–Trinajstić information content (AvgIpc) is 3.66. The Bertz CT molecular complexity index is 1980. The van der Waals surface area contributed by atoms with E-state index in [1.165, 1.54) is 34.8 Å². The molecular weight excluding hydrogens is 695 g/mol. The van der Waals surface area contributed by atoms with E-state index in [0.717, 1.165) is 22.4 Å². The number of hydrogen-bond acceptors (Lipinski definition) is 8. The Morgan fingerprint density at radius 1 is 1.00 bits per heavy atom.